The molecule has 0 radical (unpaired) electrons. The Morgan fingerprint density at radius 1 is 1.16 bits per heavy atom. The molecule has 1 aliphatic rings. The second-order valence-corrected chi connectivity index (χ2v) is 6.01. The third-order valence-electron chi connectivity index (χ3n) is 4.35. The van der Waals surface area contributed by atoms with Crippen LogP contribution in [0.3, 0.4) is 0 Å². The van der Waals surface area contributed by atoms with Crippen LogP contribution in [0.2, 0.25) is 0 Å². The number of rotatable bonds is 3. The molecule has 25 heavy (non-hydrogen) atoms. The lowest BCUT2D eigenvalue weighted by molar-refractivity contribution is 0.0746. The minimum atomic E-state index is -0.145. The number of carbonyl (C=O) groups is 1. The van der Waals surface area contributed by atoms with Gasteiger partial charge in [-0.1, -0.05) is 0 Å². The fourth-order valence-corrected chi connectivity index (χ4v) is 3.04. The first kappa shape index (κ1) is 15.4. The van der Waals surface area contributed by atoms with Gasteiger partial charge in [-0.2, -0.15) is 0 Å². The zero-order chi connectivity index (χ0) is 17.4. The normalized spacial score (nSPS) is 13.0. The van der Waals surface area contributed by atoms with Gasteiger partial charge in [0.15, 0.2) is 17.8 Å². The molecule has 3 aromatic rings. The molecule has 0 atom stereocenters. The van der Waals surface area contributed by atoms with Gasteiger partial charge < -0.3 is 14.1 Å². The summed E-state index contributed by atoms with van der Waals surface area (Å²) < 4.78 is 10.7. The summed E-state index contributed by atoms with van der Waals surface area (Å²) in [6.07, 6.45) is 3.15. The predicted octanol–water partition coefficient (Wildman–Crippen LogP) is 3.21. The maximum absolute atomic E-state index is 12.9. The number of aryl methyl sites for hydroxylation is 1. The standard InChI is InChI=1S/C19H17N3O3/c1-12-7-14-9-22(10-15(14)8-20-12)19(23)17-18(25-11-21-17)13-3-5-16(24-2)6-4-13/h3-8,11H,9-10H2,1-2H3. The molecule has 126 valence electrons. The van der Waals surface area contributed by atoms with Crippen molar-refractivity contribution in [1.82, 2.24) is 14.9 Å². The average Bonchev–Trinajstić information content (AvgIpc) is 3.27. The minimum absolute atomic E-state index is 0.145. The van der Waals surface area contributed by atoms with Gasteiger partial charge in [0.25, 0.3) is 5.91 Å². The van der Waals surface area contributed by atoms with E-state index in [2.05, 4.69) is 9.97 Å². The van der Waals surface area contributed by atoms with E-state index < -0.39 is 0 Å². The van der Waals surface area contributed by atoms with E-state index in [1.54, 1.807) is 12.0 Å². The van der Waals surface area contributed by atoms with Crippen LogP contribution >= 0.6 is 0 Å². The van der Waals surface area contributed by atoms with Gasteiger partial charge in [0.05, 0.1) is 7.11 Å². The van der Waals surface area contributed by atoms with E-state index in [4.69, 9.17) is 9.15 Å². The van der Waals surface area contributed by atoms with Crippen molar-refractivity contribution in [2.75, 3.05) is 7.11 Å². The van der Waals surface area contributed by atoms with Crippen molar-refractivity contribution in [2.24, 2.45) is 0 Å². The van der Waals surface area contributed by atoms with Crippen LogP contribution in [-0.2, 0) is 13.1 Å². The monoisotopic (exact) mass is 335 g/mol. The van der Waals surface area contributed by atoms with Gasteiger partial charge in [-0.25, -0.2) is 4.98 Å². The number of nitrogens with zero attached hydrogens (tertiary/aromatic N) is 3. The number of ether oxygens (including phenoxy) is 1. The van der Waals surface area contributed by atoms with Gasteiger partial charge >= 0.3 is 0 Å². The van der Waals surface area contributed by atoms with E-state index in [0.717, 1.165) is 28.1 Å². The van der Waals surface area contributed by atoms with E-state index in [1.807, 2.05) is 43.5 Å². The van der Waals surface area contributed by atoms with Crippen LogP contribution in [0.15, 0.2) is 47.3 Å². The largest absolute Gasteiger partial charge is 0.497 e. The molecule has 0 spiro atoms. The molecule has 0 bridgehead atoms. The summed E-state index contributed by atoms with van der Waals surface area (Å²) >= 11 is 0. The van der Waals surface area contributed by atoms with E-state index in [0.29, 0.717) is 24.5 Å². The zero-order valence-corrected chi connectivity index (χ0v) is 14.0. The second kappa shape index (κ2) is 6.05. The Morgan fingerprint density at radius 3 is 2.68 bits per heavy atom. The summed E-state index contributed by atoms with van der Waals surface area (Å²) in [5.74, 6) is 1.07. The van der Waals surface area contributed by atoms with Gasteiger partial charge in [0.2, 0.25) is 0 Å². The first-order valence-corrected chi connectivity index (χ1v) is 7.97. The van der Waals surface area contributed by atoms with E-state index in [1.165, 1.54) is 6.39 Å². The Kier molecular flexibility index (Phi) is 3.72. The summed E-state index contributed by atoms with van der Waals surface area (Å²) in [4.78, 5) is 23.2. The van der Waals surface area contributed by atoms with Crippen LogP contribution in [-0.4, -0.2) is 27.9 Å². The van der Waals surface area contributed by atoms with Crippen molar-refractivity contribution in [3.63, 3.8) is 0 Å². The lowest BCUT2D eigenvalue weighted by Gasteiger charge is -2.14. The molecule has 6 nitrogen and oxygen atoms in total. The molecule has 1 aromatic carbocycles. The summed E-state index contributed by atoms with van der Waals surface area (Å²) in [5, 5.41) is 0. The van der Waals surface area contributed by atoms with Crippen molar-refractivity contribution in [2.45, 2.75) is 20.0 Å². The molecule has 0 aliphatic carbocycles. The molecule has 1 aliphatic heterocycles. The Bertz CT molecular complexity index is 931. The van der Waals surface area contributed by atoms with Gasteiger partial charge in [0.1, 0.15) is 5.75 Å². The highest BCUT2D eigenvalue weighted by atomic mass is 16.5. The molecule has 0 fully saturated rings. The number of amides is 1. The van der Waals surface area contributed by atoms with Crippen molar-refractivity contribution >= 4 is 5.91 Å². The van der Waals surface area contributed by atoms with Gasteiger partial charge in [-0.15, -0.1) is 0 Å². The Hall–Kier alpha value is -3.15. The number of oxazole rings is 1. The number of fused-ring (bicyclic) bond motifs is 1. The molecule has 0 unspecified atom stereocenters. The lowest BCUT2D eigenvalue weighted by atomic mass is 10.1. The number of benzene rings is 1. The Morgan fingerprint density at radius 2 is 1.92 bits per heavy atom. The summed E-state index contributed by atoms with van der Waals surface area (Å²) in [7, 11) is 1.61. The summed E-state index contributed by atoms with van der Waals surface area (Å²) in [6.45, 7) is 3.05. The van der Waals surface area contributed by atoms with Crippen LogP contribution < -0.4 is 4.74 Å². The third kappa shape index (κ3) is 2.76. The third-order valence-corrected chi connectivity index (χ3v) is 4.35. The predicted molar refractivity (Wildman–Crippen MR) is 91.0 cm³/mol. The van der Waals surface area contributed by atoms with Crippen LogP contribution in [0.25, 0.3) is 11.3 Å². The first-order valence-electron chi connectivity index (χ1n) is 7.97. The van der Waals surface area contributed by atoms with E-state index >= 15 is 0 Å². The molecule has 4 rings (SSSR count). The zero-order valence-electron chi connectivity index (χ0n) is 14.0. The van der Waals surface area contributed by atoms with Crippen molar-refractivity contribution < 1.29 is 13.9 Å². The SMILES string of the molecule is COc1ccc(-c2ocnc2C(=O)N2Cc3cnc(C)cc3C2)cc1. The number of hydrogen-bond donors (Lipinski definition) is 0. The van der Waals surface area contributed by atoms with Crippen LogP contribution in [0.4, 0.5) is 0 Å². The van der Waals surface area contributed by atoms with Crippen LogP contribution in [0, 0.1) is 6.92 Å². The number of methoxy groups -OCH3 is 1. The van der Waals surface area contributed by atoms with Gasteiger partial charge in [0, 0.05) is 30.5 Å². The van der Waals surface area contributed by atoms with Crippen molar-refractivity contribution in [3.05, 3.63) is 65.4 Å². The van der Waals surface area contributed by atoms with Crippen molar-refractivity contribution in [1.29, 1.82) is 0 Å². The van der Waals surface area contributed by atoms with Crippen molar-refractivity contribution in [3.8, 4) is 17.1 Å². The molecular weight excluding hydrogens is 318 g/mol. The van der Waals surface area contributed by atoms with Gasteiger partial charge in [-0.05, 0) is 48.4 Å². The smallest absolute Gasteiger partial charge is 0.277 e. The highest BCUT2D eigenvalue weighted by molar-refractivity contribution is 5.97. The van der Waals surface area contributed by atoms with Gasteiger partial charge in [-0.3, -0.25) is 9.78 Å². The quantitative estimate of drug-likeness (QED) is 0.735. The molecule has 0 N–H and O–H groups in total. The maximum Gasteiger partial charge on any atom is 0.277 e. The summed E-state index contributed by atoms with van der Waals surface area (Å²) in [5.41, 5.74) is 4.27. The molecular formula is C19H17N3O3. The highest BCUT2D eigenvalue weighted by Crippen LogP contribution is 2.29. The molecule has 6 heteroatoms. The lowest BCUT2D eigenvalue weighted by Crippen LogP contribution is -2.26. The van der Waals surface area contributed by atoms with Crippen LogP contribution in [0.1, 0.15) is 27.3 Å². The number of aromatic nitrogens is 2. The second-order valence-electron chi connectivity index (χ2n) is 6.01. The first-order chi connectivity index (χ1) is 12.2. The highest BCUT2D eigenvalue weighted by Gasteiger charge is 2.28. The molecule has 1 amide bonds. The molecule has 2 aromatic heterocycles. The van der Waals surface area contributed by atoms with Crippen LogP contribution in [0.5, 0.6) is 5.75 Å². The Balaban J connectivity index is 1.61. The van der Waals surface area contributed by atoms with E-state index in [-0.39, 0.29) is 5.91 Å². The number of pyridine rings is 1. The fourth-order valence-electron chi connectivity index (χ4n) is 3.04. The van der Waals surface area contributed by atoms with E-state index in [9.17, 15) is 4.79 Å². The molecule has 0 saturated carbocycles. The maximum atomic E-state index is 12.9. The average molecular weight is 335 g/mol. The number of carbonyl (C=O) groups excluding carboxylic acids is 1. The summed E-state index contributed by atoms with van der Waals surface area (Å²) in [6, 6.07) is 9.37. The topological polar surface area (TPSA) is 68.5 Å². The number of hydrogen-bond acceptors (Lipinski definition) is 5. The minimum Gasteiger partial charge on any atom is -0.497 e. The Labute approximate surface area is 145 Å². The molecule has 3 heterocycles. The molecule has 0 saturated heterocycles. The fraction of sp³-hybridized carbons (Fsp3) is 0.211.